The van der Waals surface area contributed by atoms with E-state index in [0.29, 0.717) is 6.04 Å². The summed E-state index contributed by atoms with van der Waals surface area (Å²) in [6.45, 7) is 6.92. The number of nitrogens with zero attached hydrogens (tertiary/aromatic N) is 3. The number of rotatable bonds is 6. The van der Waals surface area contributed by atoms with Gasteiger partial charge in [0, 0.05) is 31.2 Å². The van der Waals surface area contributed by atoms with Crippen molar-refractivity contribution in [1.29, 1.82) is 0 Å². The molecular formula is C14H25N5. The zero-order chi connectivity index (χ0) is 14.0. The van der Waals surface area contributed by atoms with Crippen LogP contribution in [0.3, 0.4) is 0 Å². The van der Waals surface area contributed by atoms with Crippen LogP contribution in [-0.4, -0.2) is 35.1 Å². The zero-order valence-corrected chi connectivity index (χ0v) is 12.4. The highest BCUT2D eigenvalue weighted by Gasteiger charge is 2.22. The summed E-state index contributed by atoms with van der Waals surface area (Å²) in [6.07, 6.45) is 3.42. The molecule has 3 N–H and O–H groups in total. The Kier molecular flexibility index (Phi) is 3.94. The lowest BCUT2D eigenvalue weighted by Gasteiger charge is -2.24. The lowest BCUT2D eigenvalue weighted by molar-refractivity contribution is 0.478. The van der Waals surface area contributed by atoms with E-state index in [-0.39, 0.29) is 5.54 Å². The number of nitrogens with two attached hydrogens (primary N) is 1. The number of aryl methyl sites for hydroxylation is 1. The second-order valence-electron chi connectivity index (χ2n) is 6.24. The van der Waals surface area contributed by atoms with Crippen molar-refractivity contribution in [3.8, 4) is 0 Å². The van der Waals surface area contributed by atoms with Gasteiger partial charge < -0.3 is 16.0 Å². The average Bonchev–Trinajstić information content (AvgIpc) is 3.08. The van der Waals surface area contributed by atoms with Gasteiger partial charge in [-0.2, -0.15) is 0 Å². The third-order valence-corrected chi connectivity index (χ3v) is 3.24. The van der Waals surface area contributed by atoms with E-state index >= 15 is 0 Å². The number of aromatic nitrogens is 2. The summed E-state index contributed by atoms with van der Waals surface area (Å²) in [5.41, 5.74) is 5.88. The van der Waals surface area contributed by atoms with Crippen LogP contribution in [-0.2, 0) is 0 Å². The van der Waals surface area contributed by atoms with E-state index in [1.807, 2.05) is 26.8 Å². The van der Waals surface area contributed by atoms with Crippen molar-refractivity contribution in [3.63, 3.8) is 0 Å². The van der Waals surface area contributed by atoms with Gasteiger partial charge in [-0.3, -0.25) is 0 Å². The lowest BCUT2D eigenvalue weighted by Crippen LogP contribution is -2.36. The van der Waals surface area contributed by atoms with Gasteiger partial charge in [0.25, 0.3) is 0 Å². The summed E-state index contributed by atoms with van der Waals surface area (Å²) in [5, 5.41) is 3.42. The highest BCUT2D eigenvalue weighted by atomic mass is 15.2. The fourth-order valence-corrected chi connectivity index (χ4v) is 1.83. The third kappa shape index (κ3) is 4.67. The van der Waals surface area contributed by atoms with Gasteiger partial charge in [-0.05, 0) is 40.0 Å². The molecule has 2 rings (SSSR count). The van der Waals surface area contributed by atoms with Crippen LogP contribution in [0.25, 0.3) is 0 Å². The topological polar surface area (TPSA) is 67.1 Å². The minimum Gasteiger partial charge on any atom is -0.367 e. The Bertz CT molecular complexity index is 434. The first-order chi connectivity index (χ1) is 8.83. The average molecular weight is 263 g/mol. The van der Waals surface area contributed by atoms with Crippen molar-refractivity contribution < 1.29 is 0 Å². The van der Waals surface area contributed by atoms with Crippen LogP contribution in [0.4, 0.5) is 11.6 Å². The van der Waals surface area contributed by atoms with E-state index in [0.717, 1.165) is 30.4 Å². The molecule has 0 radical (unpaired) electrons. The molecule has 0 aromatic carbocycles. The van der Waals surface area contributed by atoms with E-state index in [2.05, 4.69) is 27.2 Å². The number of nitrogens with one attached hydrogen (secondary N) is 1. The van der Waals surface area contributed by atoms with Gasteiger partial charge in [-0.15, -0.1) is 0 Å². The second kappa shape index (κ2) is 5.33. The van der Waals surface area contributed by atoms with Gasteiger partial charge in [0.15, 0.2) is 0 Å². The quantitative estimate of drug-likeness (QED) is 0.821. The molecule has 0 spiro atoms. The van der Waals surface area contributed by atoms with E-state index in [1.165, 1.54) is 12.8 Å². The molecule has 1 saturated carbocycles. The third-order valence-electron chi connectivity index (χ3n) is 3.24. The second-order valence-corrected chi connectivity index (χ2v) is 6.24. The summed E-state index contributed by atoms with van der Waals surface area (Å²) in [5.74, 6) is 2.70. The first-order valence-electron chi connectivity index (χ1n) is 6.96. The maximum Gasteiger partial charge on any atom is 0.134 e. The molecule has 0 unspecified atom stereocenters. The molecule has 1 aromatic heterocycles. The van der Waals surface area contributed by atoms with Crippen LogP contribution in [0, 0.1) is 6.92 Å². The summed E-state index contributed by atoms with van der Waals surface area (Å²) in [6, 6.07) is 2.63. The van der Waals surface area contributed by atoms with Gasteiger partial charge in [0.05, 0.1) is 0 Å². The van der Waals surface area contributed by atoms with Gasteiger partial charge in [0.2, 0.25) is 0 Å². The first kappa shape index (κ1) is 14.1. The Morgan fingerprint density at radius 2 is 2.11 bits per heavy atom. The fraction of sp³-hybridized carbons (Fsp3) is 0.714. The predicted molar refractivity (Wildman–Crippen MR) is 79.6 cm³/mol. The molecule has 1 fully saturated rings. The minimum absolute atomic E-state index is 0.147. The molecule has 19 heavy (non-hydrogen) atoms. The van der Waals surface area contributed by atoms with Crippen LogP contribution >= 0.6 is 0 Å². The Labute approximate surface area is 115 Å². The maximum atomic E-state index is 6.02. The molecule has 106 valence electrons. The zero-order valence-electron chi connectivity index (χ0n) is 12.4. The molecule has 1 aromatic rings. The molecule has 0 saturated heterocycles. The highest BCUT2D eigenvalue weighted by Crippen LogP contribution is 2.25. The van der Waals surface area contributed by atoms with E-state index in [1.54, 1.807) is 0 Å². The van der Waals surface area contributed by atoms with Gasteiger partial charge in [-0.1, -0.05) is 0 Å². The summed E-state index contributed by atoms with van der Waals surface area (Å²) in [7, 11) is 2.05. The van der Waals surface area contributed by atoms with Crippen molar-refractivity contribution >= 4 is 11.6 Å². The number of hydrogen-bond donors (Lipinski definition) is 2. The monoisotopic (exact) mass is 263 g/mol. The summed E-state index contributed by atoms with van der Waals surface area (Å²) in [4.78, 5) is 11.1. The van der Waals surface area contributed by atoms with Crippen LogP contribution in [0.1, 0.15) is 38.9 Å². The molecule has 5 heteroatoms. The molecule has 5 nitrogen and oxygen atoms in total. The number of hydrogen-bond acceptors (Lipinski definition) is 5. The number of anilines is 2. The summed E-state index contributed by atoms with van der Waals surface area (Å²) < 4.78 is 0. The Morgan fingerprint density at radius 1 is 1.42 bits per heavy atom. The molecule has 1 heterocycles. The van der Waals surface area contributed by atoms with Gasteiger partial charge in [-0.25, -0.2) is 9.97 Å². The molecule has 0 amide bonds. The van der Waals surface area contributed by atoms with Gasteiger partial charge >= 0.3 is 0 Å². The highest BCUT2D eigenvalue weighted by molar-refractivity contribution is 5.49. The van der Waals surface area contributed by atoms with Crippen LogP contribution in [0.2, 0.25) is 0 Å². The van der Waals surface area contributed by atoms with Crippen LogP contribution in [0.15, 0.2) is 6.07 Å². The smallest absolute Gasteiger partial charge is 0.134 e. The predicted octanol–water partition coefficient (Wildman–Crippen LogP) is 1.92. The van der Waals surface area contributed by atoms with Crippen molar-refractivity contribution in [2.45, 2.75) is 51.6 Å². The van der Waals surface area contributed by atoms with Gasteiger partial charge in [0.1, 0.15) is 17.5 Å². The van der Waals surface area contributed by atoms with Crippen molar-refractivity contribution in [3.05, 3.63) is 11.9 Å². The van der Waals surface area contributed by atoms with Crippen molar-refractivity contribution in [2.75, 3.05) is 23.8 Å². The van der Waals surface area contributed by atoms with Crippen LogP contribution < -0.4 is 16.0 Å². The molecule has 1 aliphatic rings. The first-order valence-corrected chi connectivity index (χ1v) is 6.96. The molecule has 1 aliphatic carbocycles. The van der Waals surface area contributed by atoms with E-state index in [9.17, 15) is 0 Å². The van der Waals surface area contributed by atoms with Crippen molar-refractivity contribution in [1.82, 2.24) is 9.97 Å². The van der Waals surface area contributed by atoms with E-state index in [4.69, 9.17) is 5.73 Å². The minimum atomic E-state index is -0.147. The maximum absolute atomic E-state index is 6.02. The standard InChI is InChI=1S/C14H25N5/c1-10-16-12(18-11-5-6-11)9-13(17-10)19(4)8-7-14(2,3)15/h9,11H,5-8,15H2,1-4H3,(H,16,17,18). The Hall–Kier alpha value is -1.36. The Balaban J connectivity index is 2.03. The SMILES string of the molecule is Cc1nc(NC2CC2)cc(N(C)CCC(C)(C)N)n1. The molecular weight excluding hydrogens is 238 g/mol. The molecule has 0 bridgehead atoms. The molecule has 0 atom stereocenters. The summed E-state index contributed by atoms with van der Waals surface area (Å²) >= 11 is 0. The normalized spacial score (nSPS) is 15.4. The van der Waals surface area contributed by atoms with E-state index < -0.39 is 0 Å². The Morgan fingerprint density at radius 3 is 2.68 bits per heavy atom. The fourth-order valence-electron chi connectivity index (χ4n) is 1.83. The lowest BCUT2D eigenvalue weighted by atomic mass is 10.0. The van der Waals surface area contributed by atoms with Crippen molar-refractivity contribution in [2.24, 2.45) is 5.73 Å². The van der Waals surface area contributed by atoms with Crippen LogP contribution in [0.5, 0.6) is 0 Å². The molecule has 0 aliphatic heterocycles. The largest absolute Gasteiger partial charge is 0.367 e.